The Morgan fingerprint density at radius 1 is 1.50 bits per heavy atom. The molecule has 0 unspecified atom stereocenters. The van der Waals surface area contributed by atoms with Crippen molar-refractivity contribution in [2.24, 2.45) is 0 Å². The molecule has 2 rings (SSSR count). The summed E-state index contributed by atoms with van der Waals surface area (Å²) >= 11 is 0. The fourth-order valence-corrected chi connectivity index (χ4v) is 3.00. The van der Waals surface area contributed by atoms with E-state index in [0.717, 1.165) is 19.1 Å². The van der Waals surface area contributed by atoms with Crippen LogP contribution in [0.5, 0.6) is 0 Å². The van der Waals surface area contributed by atoms with Crippen LogP contribution < -0.4 is 10.0 Å². The van der Waals surface area contributed by atoms with Crippen LogP contribution in [0.2, 0.25) is 0 Å². The topological polar surface area (TPSA) is 91.4 Å². The molecular formula is C12H18N4O3S. The molecule has 8 heteroatoms. The van der Waals surface area contributed by atoms with Gasteiger partial charge >= 0.3 is 6.03 Å². The molecule has 1 fully saturated rings. The molecular weight excluding hydrogens is 280 g/mol. The van der Waals surface area contributed by atoms with Gasteiger partial charge in [0.2, 0.25) is 10.0 Å². The van der Waals surface area contributed by atoms with E-state index in [-0.39, 0.29) is 12.1 Å². The van der Waals surface area contributed by atoms with Crippen molar-refractivity contribution < 1.29 is 13.2 Å². The van der Waals surface area contributed by atoms with E-state index in [1.807, 2.05) is 0 Å². The summed E-state index contributed by atoms with van der Waals surface area (Å²) in [6.45, 7) is 0.993. The number of rotatable bonds is 3. The molecule has 0 bridgehead atoms. The van der Waals surface area contributed by atoms with Crippen LogP contribution in [-0.4, -0.2) is 49.7 Å². The highest BCUT2D eigenvalue weighted by molar-refractivity contribution is 7.88. The molecule has 0 saturated carbocycles. The largest absolute Gasteiger partial charge is 0.323 e. The van der Waals surface area contributed by atoms with Crippen LogP contribution in [0, 0.1) is 0 Å². The first-order chi connectivity index (χ1) is 9.44. The van der Waals surface area contributed by atoms with E-state index >= 15 is 0 Å². The number of sulfonamides is 1. The third-order valence-corrected chi connectivity index (χ3v) is 3.76. The summed E-state index contributed by atoms with van der Waals surface area (Å²) in [5, 5.41) is 2.74. The van der Waals surface area contributed by atoms with Crippen LogP contribution in [0.15, 0.2) is 24.5 Å². The van der Waals surface area contributed by atoms with E-state index in [0.29, 0.717) is 18.8 Å². The van der Waals surface area contributed by atoms with Gasteiger partial charge < -0.3 is 10.2 Å². The Morgan fingerprint density at radius 2 is 2.30 bits per heavy atom. The summed E-state index contributed by atoms with van der Waals surface area (Å²) in [7, 11) is -3.25. The maximum atomic E-state index is 12.1. The second kappa shape index (κ2) is 6.19. The number of piperidine rings is 1. The molecule has 1 aliphatic rings. The van der Waals surface area contributed by atoms with E-state index in [1.54, 1.807) is 29.4 Å². The van der Waals surface area contributed by atoms with E-state index in [4.69, 9.17) is 0 Å². The number of aromatic nitrogens is 1. The predicted octanol–water partition coefficient (Wildman–Crippen LogP) is 0.627. The van der Waals surface area contributed by atoms with Crippen molar-refractivity contribution in [3.05, 3.63) is 24.5 Å². The Bertz CT molecular complexity index is 561. The van der Waals surface area contributed by atoms with Gasteiger partial charge in [0.15, 0.2) is 0 Å². The van der Waals surface area contributed by atoms with Crippen molar-refractivity contribution in [2.75, 3.05) is 24.7 Å². The molecule has 1 atom stereocenters. The fourth-order valence-electron chi connectivity index (χ4n) is 2.20. The molecule has 2 heterocycles. The molecule has 2 N–H and O–H groups in total. The quantitative estimate of drug-likeness (QED) is 0.856. The molecule has 0 radical (unpaired) electrons. The summed E-state index contributed by atoms with van der Waals surface area (Å²) < 4.78 is 25.0. The van der Waals surface area contributed by atoms with Gasteiger partial charge in [-0.15, -0.1) is 0 Å². The lowest BCUT2D eigenvalue weighted by molar-refractivity contribution is 0.190. The maximum Gasteiger partial charge on any atom is 0.321 e. The summed E-state index contributed by atoms with van der Waals surface area (Å²) in [5.41, 5.74) is 0.621. The number of nitrogens with one attached hydrogen (secondary N) is 2. The van der Waals surface area contributed by atoms with Crippen molar-refractivity contribution in [1.82, 2.24) is 14.6 Å². The number of hydrogen-bond acceptors (Lipinski definition) is 4. The smallest absolute Gasteiger partial charge is 0.321 e. The van der Waals surface area contributed by atoms with E-state index in [9.17, 15) is 13.2 Å². The van der Waals surface area contributed by atoms with Crippen molar-refractivity contribution in [3.63, 3.8) is 0 Å². The summed E-state index contributed by atoms with van der Waals surface area (Å²) in [4.78, 5) is 17.6. The first-order valence-electron chi connectivity index (χ1n) is 6.37. The highest BCUT2D eigenvalue weighted by atomic mass is 32.2. The van der Waals surface area contributed by atoms with E-state index < -0.39 is 10.0 Å². The molecule has 20 heavy (non-hydrogen) atoms. The molecule has 1 aromatic rings. The highest BCUT2D eigenvalue weighted by Gasteiger charge is 2.25. The lowest BCUT2D eigenvalue weighted by atomic mass is 10.1. The Hall–Kier alpha value is -1.67. The highest BCUT2D eigenvalue weighted by Crippen LogP contribution is 2.13. The average molecular weight is 298 g/mol. The Morgan fingerprint density at radius 3 is 2.95 bits per heavy atom. The van der Waals surface area contributed by atoms with Gasteiger partial charge in [0.25, 0.3) is 0 Å². The second-order valence-corrected chi connectivity index (χ2v) is 6.63. The number of urea groups is 1. The molecule has 1 aromatic heterocycles. The summed E-state index contributed by atoms with van der Waals surface area (Å²) in [6, 6.07) is 3.03. The number of anilines is 1. The van der Waals surface area contributed by atoms with Crippen molar-refractivity contribution in [2.45, 2.75) is 18.9 Å². The van der Waals surface area contributed by atoms with Crippen LogP contribution in [0.25, 0.3) is 0 Å². The lowest BCUT2D eigenvalue weighted by Gasteiger charge is -2.32. The predicted molar refractivity (Wildman–Crippen MR) is 75.8 cm³/mol. The molecule has 110 valence electrons. The van der Waals surface area contributed by atoms with Crippen LogP contribution in [0.1, 0.15) is 12.8 Å². The minimum absolute atomic E-state index is 0.224. The van der Waals surface area contributed by atoms with Crippen molar-refractivity contribution >= 4 is 21.7 Å². The number of nitrogens with zero attached hydrogens (tertiary/aromatic N) is 2. The maximum absolute atomic E-state index is 12.1. The standard InChI is InChI=1S/C12H18N4O3S/c1-20(18,19)15-11-5-3-7-16(9-11)12(17)14-10-4-2-6-13-8-10/h2,4,6,8,11,15H,3,5,7,9H2,1H3,(H,14,17)/t11-/m1/s1. The van der Waals surface area contributed by atoms with Gasteiger partial charge in [0, 0.05) is 25.3 Å². The van der Waals surface area contributed by atoms with Gasteiger partial charge in [-0.2, -0.15) is 0 Å². The molecule has 0 spiro atoms. The SMILES string of the molecule is CS(=O)(=O)N[C@@H]1CCCN(C(=O)Nc2cccnc2)C1. The molecule has 0 aliphatic carbocycles. The van der Waals surface area contributed by atoms with Crippen LogP contribution >= 0.6 is 0 Å². The third kappa shape index (κ3) is 4.46. The molecule has 1 aliphatic heterocycles. The zero-order valence-electron chi connectivity index (χ0n) is 11.2. The van der Waals surface area contributed by atoms with Crippen LogP contribution in [0.4, 0.5) is 10.5 Å². The minimum atomic E-state index is -3.25. The number of amides is 2. The minimum Gasteiger partial charge on any atom is -0.323 e. The summed E-state index contributed by atoms with van der Waals surface area (Å²) in [6.07, 6.45) is 5.83. The van der Waals surface area contributed by atoms with Crippen molar-refractivity contribution in [1.29, 1.82) is 0 Å². The van der Waals surface area contributed by atoms with Gasteiger partial charge in [-0.1, -0.05) is 0 Å². The van der Waals surface area contributed by atoms with Crippen molar-refractivity contribution in [3.8, 4) is 0 Å². The summed E-state index contributed by atoms with van der Waals surface area (Å²) in [5.74, 6) is 0. The number of carbonyl (C=O) groups excluding carboxylic acids is 1. The van der Waals surface area contributed by atoms with Gasteiger partial charge in [-0.25, -0.2) is 17.9 Å². The van der Waals surface area contributed by atoms with Gasteiger partial charge in [-0.05, 0) is 25.0 Å². The Kier molecular flexibility index (Phi) is 4.56. The lowest BCUT2D eigenvalue weighted by Crippen LogP contribution is -2.50. The Labute approximate surface area is 118 Å². The monoisotopic (exact) mass is 298 g/mol. The average Bonchev–Trinajstić information content (AvgIpc) is 2.38. The molecule has 2 amide bonds. The molecule has 1 saturated heterocycles. The first kappa shape index (κ1) is 14.7. The fraction of sp³-hybridized carbons (Fsp3) is 0.500. The zero-order valence-corrected chi connectivity index (χ0v) is 12.1. The van der Waals surface area contributed by atoms with Crippen LogP contribution in [0.3, 0.4) is 0 Å². The van der Waals surface area contributed by atoms with Gasteiger partial charge in [0.1, 0.15) is 0 Å². The third-order valence-electron chi connectivity index (χ3n) is 3.00. The normalized spacial score (nSPS) is 19.6. The van der Waals surface area contributed by atoms with Crippen LogP contribution in [-0.2, 0) is 10.0 Å². The second-order valence-electron chi connectivity index (χ2n) is 4.85. The molecule has 0 aromatic carbocycles. The number of likely N-dealkylation sites (tertiary alicyclic amines) is 1. The number of pyridine rings is 1. The van der Waals surface area contributed by atoms with E-state index in [2.05, 4.69) is 15.0 Å². The van der Waals surface area contributed by atoms with E-state index in [1.165, 1.54) is 0 Å². The molecule has 7 nitrogen and oxygen atoms in total. The number of carbonyl (C=O) groups is 1. The number of hydrogen-bond donors (Lipinski definition) is 2. The van der Waals surface area contributed by atoms with Gasteiger partial charge in [0.05, 0.1) is 18.1 Å². The zero-order chi connectivity index (χ0) is 14.6. The first-order valence-corrected chi connectivity index (χ1v) is 8.26. The van der Waals surface area contributed by atoms with Gasteiger partial charge in [-0.3, -0.25) is 4.98 Å². The Balaban J connectivity index is 1.93.